The molecule has 0 aliphatic carbocycles. The molecule has 0 aromatic heterocycles. The number of aliphatic hydroxyl groups is 1. The lowest BCUT2D eigenvalue weighted by Gasteiger charge is -2.39. The molecule has 1 saturated heterocycles. The molecule has 1 N–H and O–H groups in total. The van der Waals surface area contributed by atoms with Crippen molar-refractivity contribution < 1.29 is 27.9 Å². The van der Waals surface area contributed by atoms with E-state index < -0.39 is 22.2 Å². The number of benzene rings is 2. The molecule has 1 amide bonds. The molecule has 1 atom stereocenters. The van der Waals surface area contributed by atoms with Gasteiger partial charge >= 0.3 is 6.09 Å². The van der Waals surface area contributed by atoms with Gasteiger partial charge in [-0.2, -0.15) is 4.31 Å². The maximum Gasteiger partial charge on any atom is 0.414 e. The van der Waals surface area contributed by atoms with Crippen LogP contribution in [0.15, 0.2) is 46.5 Å². The third kappa shape index (κ3) is 5.12. The zero-order valence-electron chi connectivity index (χ0n) is 19.3. The van der Waals surface area contributed by atoms with Crippen LogP contribution in [0.4, 0.5) is 16.2 Å². The zero-order chi connectivity index (χ0) is 25.2. The summed E-state index contributed by atoms with van der Waals surface area (Å²) >= 11 is 0. The van der Waals surface area contributed by atoms with Gasteiger partial charge in [0.1, 0.15) is 29.6 Å². The van der Waals surface area contributed by atoms with Crippen LogP contribution in [0.25, 0.3) is 0 Å². The van der Waals surface area contributed by atoms with E-state index in [0.29, 0.717) is 31.1 Å². The van der Waals surface area contributed by atoms with Crippen molar-refractivity contribution in [2.45, 2.75) is 56.3 Å². The zero-order valence-corrected chi connectivity index (χ0v) is 20.1. The highest BCUT2D eigenvalue weighted by Gasteiger charge is 2.37. The van der Waals surface area contributed by atoms with Crippen molar-refractivity contribution in [1.82, 2.24) is 4.31 Å². The summed E-state index contributed by atoms with van der Waals surface area (Å²) < 4.78 is 33.3. The topological polar surface area (TPSA) is 134 Å². The van der Waals surface area contributed by atoms with Crippen LogP contribution < -0.4 is 4.90 Å². The molecule has 0 saturated carbocycles. The Morgan fingerprint density at radius 1 is 1.20 bits per heavy atom. The number of piperidine rings is 1. The lowest BCUT2D eigenvalue weighted by atomic mass is 10.0. The highest BCUT2D eigenvalue weighted by Crippen LogP contribution is 2.35. The summed E-state index contributed by atoms with van der Waals surface area (Å²) in [6, 6.07) is 9.84. The quantitative estimate of drug-likeness (QED) is 0.434. The van der Waals surface area contributed by atoms with Crippen molar-refractivity contribution in [2.24, 2.45) is 5.18 Å². The van der Waals surface area contributed by atoms with E-state index in [1.807, 2.05) is 25.1 Å². The lowest BCUT2D eigenvalue weighted by Crippen LogP contribution is -2.50. The molecule has 2 heterocycles. The number of hydrogen-bond donors (Lipinski definition) is 1. The monoisotopic (exact) mass is 501 g/mol. The minimum Gasteiger partial charge on any atom is -0.444 e. The molecule has 2 aliphatic heterocycles. The summed E-state index contributed by atoms with van der Waals surface area (Å²) in [5.74, 6) is 0. The number of hydrogen-bond acceptors (Lipinski definition) is 8. The van der Waals surface area contributed by atoms with Crippen LogP contribution in [0.3, 0.4) is 0 Å². The van der Waals surface area contributed by atoms with E-state index in [-0.39, 0.29) is 42.7 Å². The molecule has 4 rings (SSSR count). The van der Waals surface area contributed by atoms with Crippen molar-refractivity contribution in [3.05, 3.63) is 58.0 Å². The predicted molar refractivity (Wildman–Crippen MR) is 128 cm³/mol. The number of nitrogens with zero attached hydrogens (tertiary/aromatic N) is 3. The van der Waals surface area contributed by atoms with E-state index >= 15 is 0 Å². The van der Waals surface area contributed by atoms with Gasteiger partial charge in [0.15, 0.2) is 0 Å². The summed E-state index contributed by atoms with van der Waals surface area (Å²) in [5, 5.41) is 12.3. The number of ether oxygens (including phenoxy) is 1. The van der Waals surface area contributed by atoms with Crippen LogP contribution in [-0.2, 0) is 32.6 Å². The van der Waals surface area contributed by atoms with Gasteiger partial charge in [0.05, 0.1) is 5.69 Å². The van der Waals surface area contributed by atoms with Crippen LogP contribution in [0.2, 0.25) is 0 Å². The van der Waals surface area contributed by atoms with E-state index in [9.17, 15) is 28.0 Å². The van der Waals surface area contributed by atoms with Crippen molar-refractivity contribution in [1.29, 1.82) is 0 Å². The Morgan fingerprint density at radius 3 is 2.63 bits per heavy atom. The highest BCUT2D eigenvalue weighted by molar-refractivity contribution is 7.89. The number of rotatable bonds is 8. The summed E-state index contributed by atoms with van der Waals surface area (Å²) in [5.41, 5.74) is 3.15. The van der Waals surface area contributed by atoms with Gasteiger partial charge in [-0.25, -0.2) is 13.2 Å². The summed E-state index contributed by atoms with van der Waals surface area (Å²) in [7, 11) is -3.99. The van der Waals surface area contributed by atoms with Gasteiger partial charge in [0.25, 0.3) is 0 Å². The first-order chi connectivity index (χ1) is 16.7. The van der Waals surface area contributed by atoms with Gasteiger partial charge < -0.3 is 14.6 Å². The van der Waals surface area contributed by atoms with Gasteiger partial charge in [0, 0.05) is 24.7 Å². The fraction of sp³-hybridized carbons (Fsp3) is 0.417. The number of carbonyl (C=O) groups is 2. The van der Waals surface area contributed by atoms with E-state index in [2.05, 4.69) is 5.18 Å². The standard InChI is InChI=1S/C24H27N3O7S/c1-16-2-6-22-18(12-16)15-34-24(30)27(22)19-8-10-26(11-9-19)35(32,33)23-7-4-17(13-21(23)25-31)3-5-20(29)14-28/h2,4,6-7,12-14,19-20,29H,3,5,8-11,15H2,1H3. The molecular formula is C24H27N3O7S. The van der Waals surface area contributed by atoms with E-state index in [0.717, 1.165) is 16.8 Å². The normalized spacial score (nSPS) is 18.0. The summed E-state index contributed by atoms with van der Waals surface area (Å²) in [4.78, 5) is 36.0. The van der Waals surface area contributed by atoms with Gasteiger partial charge in [-0.15, -0.1) is 4.91 Å². The fourth-order valence-electron chi connectivity index (χ4n) is 4.59. The van der Waals surface area contributed by atoms with Crippen LogP contribution in [0.5, 0.6) is 0 Å². The van der Waals surface area contributed by atoms with Gasteiger partial charge in [0.2, 0.25) is 10.0 Å². The Morgan fingerprint density at radius 2 is 1.94 bits per heavy atom. The van der Waals surface area contributed by atoms with Crippen LogP contribution in [-0.4, -0.2) is 55.4 Å². The first kappa shape index (κ1) is 25.0. The molecule has 10 nitrogen and oxygen atoms in total. The smallest absolute Gasteiger partial charge is 0.414 e. The predicted octanol–water partition coefficient (Wildman–Crippen LogP) is 3.20. The maximum absolute atomic E-state index is 13.3. The number of amides is 1. The Balaban J connectivity index is 1.49. The van der Waals surface area contributed by atoms with Crippen molar-refractivity contribution >= 4 is 33.8 Å². The van der Waals surface area contributed by atoms with Gasteiger partial charge in [-0.3, -0.25) is 4.90 Å². The molecule has 0 radical (unpaired) electrons. The van der Waals surface area contributed by atoms with Crippen molar-refractivity contribution in [2.75, 3.05) is 18.0 Å². The molecule has 0 spiro atoms. The van der Waals surface area contributed by atoms with Gasteiger partial charge in [-0.05, 0) is 61.5 Å². The Labute approximate surface area is 203 Å². The number of anilines is 1. The number of aryl methyl sites for hydroxylation is 2. The van der Waals surface area contributed by atoms with Crippen molar-refractivity contribution in [3.8, 4) is 0 Å². The second-order valence-electron chi connectivity index (χ2n) is 8.83. The van der Waals surface area contributed by atoms with E-state index in [1.54, 1.807) is 11.0 Å². The highest BCUT2D eigenvalue weighted by atomic mass is 32.2. The second-order valence-corrected chi connectivity index (χ2v) is 10.7. The van der Waals surface area contributed by atoms with Crippen LogP contribution >= 0.6 is 0 Å². The SMILES string of the molecule is Cc1ccc2c(c1)COC(=O)N2C1CCN(S(=O)(=O)c2ccc(CCC(O)C=O)cc2N=O)CC1. The number of aldehydes is 1. The summed E-state index contributed by atoms with van der Waals surface area (Å²) in [6.45, 7) is 2.52. The Hall–Kier alpha value is -3.15. The number of cyclic esters (lactones) is 1. The van der Waals surface area contributed by atoms with E-state index in [1.165, 1.54) is 16.4 Å². The fourth-order valence-corrected chi connectivity index (χ4v) is 6.16. The Bertz CT molecular complexity index is 1240. The number of nitroso groups, excluding NO2 is 1. The lowest BCUT2D eigenvalue weighted by molar-refractivity contribution is -0.115. The molecule has 1 fully saturated rings. The van der Waals surface area contributed by atoms with Crippen LogP contribution in [0.1, 0.15) is 36.0 Å². The largest absolute Gasteiger partial charge is 0.444 e. The third-order valence-corrected chi connectivity index (χ3v) is 8.40. The molecule has 2 aromatic rings. The first-order valence-corrected chi connectivity index (χ1v) is 12.8. The molecule has 0 bridgehead atoms. The summed E-state index contributed by atoms with van der Waals surface area (Å²) in [6.07, 6.45) is 0.126. The molecule has 186 valence electrons. The molecule has 1 unspecified atom stereocenters. The molecular weight excluding hydrogens is 474 g/mol. The minimum absolute atomic E-state index is 0.156. The van der Waals surface area contributed by atoms with Gasteiger partial charge in [-0.1, -0.05) is 23.8 Å². The number of fused-ring (bicyclic) bond motifs is 1. The van der Waals surface area contributed by atoms with E-state index in [4.69, 9.17) is 4.74 Å². The maximum atomic E-state index is 13.3. The average molecular weight is 502 g/mol. The minimum atomic E-state index is -3.99. The number of carbonyl (C=O) groups excluding carboxylic acids is 2. The molecule has 11 heteroatoms. The van der Waals surface area contributed by atoms with Crippen molar-refractivity contribution in [3.63, 3.8) is 0 Å². The second kappa shape index (κ2) is 10.2. The number of sulfonamides is 1. The molecule has 2 aromatic carbocycles. The average Bonchev–Trinajstić information content (AvgIpc) is 2.87. The third-order valence-electron chi connectivity index (χ3n) is 6.46. The molecule has 2 aliphatic rings. The van der Waals surface area contributed by atoms with Crippen LogP contribution in [0, 0.1) is 11.8 Å². The Kier molecular flexibility index (Phi) is 7.29. The first-order valence-electron chi connectivity index (χ1n) is 11.4. The molecule has 35 heavy (non-hydrogen) atoms. The number of aliphatic hydroxyl groups excluding tert-OH is 1.